The van der Waals surface area contributed by atoms with Crippen LogP contribution in [0.1, 0.15) is 63.4 Å². The minimum absolute atomic E-state index is 0.149. The molecule has 1 amide bonds. The zero-order valence-electron chi connectivity index (χ0n) is 16.4. The minimum atomic E-state index is 0.149. The zero-order chi connectivity index (χ0) is 18.7. The molecule has 3 heterocycles. The number of amides is 1. The lowest BCUT2D eigenvalue weighted by molar-refractivity contribution is -0.138. The molecule has 2 saturated heterocycles. The van der Waals surface area contributed by atoms with Gasteiger partial charge >= 0.3 is 0 Å². The number of aliphatic hydroxyl groups excluding tert-OH is 1. The molecular formula is C20H32N4O2. The Morgan fingerprint density at radius 1 is 1.23 bits per heavy atom. The molecule has 2 aliphatic heterocycles. The second-order valence-electron chi connectivity index (χ2n) is 8.23. The van der Waals surface area contributed by atoms with Gasteiger partial charge in [-0.15, -0.1) is 0 Å². The van der Waals surface area contributed by atoms with Crippen molar-refractivity contribution >= 4 is 11.7 Å². The van der Waals surface area contributed by atoms with Crippen molar-refractivity contribution in [3.8, 4) is 0 Å². The molecule has 6 heteroatoms. The van der Waals surface area contributed by atoms with E-state index in [0.29, 0.717) is 25.3 Å². The Morgan fingerprint density at radius 3 is 2.62 bits per heavy atom. The number of aromatic nitrogens is 2. The largest absolute Gasteiger partial charge is 0.396 e. The minimum Gasteiger partial charge on any atom is -0.396 e. The van der Waals surface area contributed by atoms with Gasteiger partial charge in [0.05, 0.1) is 0 Å². The van der Waals surface area contributed by atoms with Gasteiger partial charge in [-0.1, -0.05) is 13.8 Å². The van der Waals surface area contributed by atoms with Crippen molar-refractivity contribution in [2.75, 3.05) is 37.7 Å². The van der Waals surface area contributed by atoms with Crippen molar-refractivity contribution in [1.82, 2.24) is 14.9 Å². The summed E-state index contributed by atoms with van der Waals surface area (Å²) in [5.74, 6) is 2.53. The maximum Gasteiger partial charge on any atom is 0.222 e. The van der Waals surface area contributed by atoms with Gasteiger partial charge in [-0.3, -0.25) is 4.79 Å². The van der Waals surface area contributed by atoms with E-state index in [4.69, 9.17) is 5.11 Å². The van der Waals surface area contributed by atoms with E-state index in [1.54, 1.807) is 0 Å². The number of hydrogen-bond acceptors (Lipinski definition) is 5. The molecule has 0 aromatic carbocycles. The fourth-order valence-electron chi connectivity index (χ4n) is 4.22. The van der Waals surface area contributed by atoms with Crippen molar-refractivity contribution in [2.24, 2.45) is 5.41 Å². The Hall–Kier alpha value is -1.69. The topological polar surface area (TPSA) is 69.6 Å². The second-order valence-corrected chi connectivity index (χ2v) is 8.23. The third kappa shape index (κ3) is 4.17. The zero-order valence-corrected chi connectivity index (χ0v) is 16.4. The summed E-state index contributed by atoms with van der Waals surface area (Å²) < 4.78 is 0. The van der Waals surface area contributed by atoms with Gasteiger partial charge in [0.1, 0.15) is 11.6 Å². The molecule has 0 radical (unpaired) electrons. The molecule has 0 unspecified atom stereocenters. The first-order valence-electron chi connectivity index (χ1n) is 9.92. The summed E-state index contributed by atoms with van der Waals surface area (Å²) in [6.07, 6.45) is 4.50. The number of aryl methyl sites for hydroxylation is 1. The highest BCUT2D eigenvalue weighted by Crippen LogP contribution is 2.41. The van der Waals surface area contributed by atoms with Crippen LogP contribution in [-0.2, 0) is 4.79 Å². The monoisotopic (exact) mass is 360 g/mol. The van der Waals surface area contributed by atoms with E-state index in [-0.39, 0.29) is 17.9 Å². The highest BCUT2D eigenvalue weighted by molar-refractivity contribution is 5.77. The third-order valence-corrected chi connectivity index (χ3v) is 5.92. The highest BCUT2D eigenvalue weighted by atomic mass is 16.3. The fourth-order valence-corrected chi connectivity index (χ4v) is 4.22. The number of rotatable bonds is 5. The normalized spacial score (nSPS) is 20.3. The average Bonchev–Trinajstić information content (AvgIpc) is 2.63. The molecule has 0 saturated carbocycles. The molecule has 1 aromatic heterocycles. The van der Waals surface area contributed by atoms with Crippen LogP contribution in [0.15, 0.2) is 6.07 Å². The van der Waals surface area contributed by atoms with E-state index >= 15 is 0 Å². The molecule has 2 fully saturated rings. The number of likely N-dealkylation sites (tertiary alicyclic amines) is 1. The molecule has 0 aliphatic carbocycles. The molecule has 1 aromatic rings. The van der Waals surface area contributed by atoms with Crippen LogP contribution < -0.4 is 4.90 Å². The van der Waals surface area contributed by atoms with Gasteiger partial charge < -0.3 is 14.9 Å². The maximum absolute atomic E-state index is 12.2. The van der Waals surface area contributed by atoms with Crippen molar-refractivity contribution < 1.29 is 9.90 Å². The van der Waals surface area contributed by atoms with Crippen LogP contribution in [0.5, 0.6) is 0 Å². The molecule has 6 nitrogen and oxygen atoms in total. The number of carbonyl (C=O) groups excluding carboxylic acids is 1. The average molecular weight is 361 g/mol. The standard InChI is InChI=1S/C20H32N4O2/c1-15(2)17-13-18(22-16(3)21-17)23-10-7-20(8-11-23)6-5-19(26)24(14-20)9-4-12-25/h13,15,25H,4-12,14H2,1-3H3. The molecule has 0 atom stereocenters. The van der Waals surface area contributed by atoms with E-state index in [2.05, 4.69) is 34.8 Å². The molecule has 26 heavy (non-hydrogen) atoms. The molecule has 1 spiro atoms. The molecule has 2 aliphatic rings. The summed E-state index contributed by atoms with van der Waals surface area (Å²) in [4.78, 5) is 25.7. The molecule has 3 rings (SSSR count). The van der Waals surface area contributed by atoms with Gasteiger partial charge in [0.25, 0.3) is 0 Å². The Labute approximate surface area is 156 Å². The van der Waals surface area contributed by atoms with E-state index in [1.165, 1.54) is 0 Å². The van der Waals surface area contributed by atoms with Gasteiger partial charge in [-0.05, 0) is 43.9 Å². The van der Waals surface area contributed by atoms with Crippen LogP contribution in [0.25, 0.3) is 0 Å². The summed E-state index contributed by atoms with van der Waals surface area (Å²) in [6, 6.07) is 2.13. The number of aliphatic hydroxyl groups is 1. The SMILES string of the molecule is Cc1nc(C(C)C)cc(N2CCC3(CCC(=O)N(CCCO)C3)CC2)n1. The number of anilines is 1. The van der Waals surface area contributed by atoms with Crippen LogP contribution in [-0.4, -0.2) is 58.7 Å². The van der Waals surface area contributed by atoms with Gasteiger partial charge in [-0.2, -0.15) is 0 Å². The van der Waals surface area contributed by atoms with Crippen molar-refractivity contribution in [3.63, 3.8) is 0 Å². The predicted octanol–water partition coefficient (Wildman–Crippen LogP) is 2.50. The first-order chi connectivity index (χ1) is 12.4. The summed E-state index contributed by atoms with van der Waals surface area (Å²) in [5.41, 5.74) is 1.34. The summed E-state index contributed by atoms with van der Waals surface area (Å²) in [6.45, 7) is 9.94. The smallest absolute Gasteiger partial charge is 0.222 e. The second kappa shape index (κ2) is 7.91. The first-order valence-corrected chi connectivity index (χ1v) is 9.92. The Morgan fingerprint density at radius 2 is 1.96 bits per heavy atom. The summed E-state index contributed by atoms with van der Waals surface area (Å²) >= 11 is 0. The number of piperidine rings is 2. The predicted molar refractivity (Wildman–Crippen MR) is 102 cm³/mol. The molecule has 1 N–H and O–H groups in total. The van der Waals surface area contributed by atoms with E-state index in [0.717, 1.165) is 56.2 Å². The number of nitrogens with zero attached hydrogens (tertiary/aromatic N) is 4. The Balaban J connectivity index is 1.66. The Bertz CT molecular complexity index is 639. The highest BCUT2D eigenvalue weighted by Gasteiger charge is 2.41. The van der Waals surface area contributed by atoms with E-state index < -0.39 is 0 Å². The molecule has 0 bridgehead atoms. The van der Waals surface area contributed by atoms with Crippen molar-refractivity contribution in [2.45, 2.75) is 58.8 Å². The third-order valence-electron chi connectivity index (χ3n) is 5.92. The fraction of sp³-hybridized carbons (Fsp3) is 0.750. The van der Waals surface area contributed by atoms with Gasteiger partial charge in [0.2, 0.25) is 5.91 Å². The van der Waals surface area contributed by atoms with Crippen LogP contribution in [0.2, 0.25) is 0 Å². The van der Waals surface area contributed by atoms with Crippen molar-refractivity contribution in [1.29, 1.82) is 0 Å². The maximum atomic E-state index is 12.2. The van der Waals surface area contributed by atoms with Gasteiger partial charge in [0, 0.05) is 51.0 Å². The quantitative estimate of drug-likeness (QED) is 0.874. The van der Waals surface area contributed by atoms with Crippen molar-refractivity contribution in [3.05, 3.63) is 17.6 Å². The van der Waals surface area contributed by atoms with E-state index in [1.807, 2.05) is 11.8 Å². The Kier molecular flexibility index (Phi) is 5.80. The van der Waals surface area contributed by atoms with Crippen LogP contribution in [0.3, 0.4) is 0 Å². The van der Waals surface area contributed by atoms with Gasteiger partial charge in [-0.25, -0.2) is 9.97 Å². The number of hydrogen-bond donors (Lipinski definition) is 1. The summed E-state index contributed by atoms with van der Waals surface area (Å²) in [7, 11) is 0. The van der Waals surface area contributed by atoms with E-state index in [9.17, 15) is 4.79 Å². The lowest BCUT2D eigenvalue weighted by Gasteiger charge is -2.47. The van der Waals surface area contributed by atoms with Crippen LogP contribution in [0, 0.1) is 12.3 Å². The lowest BCUT2D eigenvalue weighted by Crippen LogP contribution is -2.52. The van der Waals surface area contributed by atoms with Crippen LogP contribution >= 0.6 is 0 Å². The lowest BCUT2D eigenvalue weighted by atomic mass is 9.72. The number of carbonyl (C=O) groups is 1. The summed E-state index contributed by atoms with van der Waals surface area (Å²) in [5, 5.41) is 9.07. The molecule has 144 valence electrons. The first kappa shape index (κ1) is 19.1. The molecular weight excluding hydrogens is 328 g/mol. The van der Waals surface area contributed by atoms with Crippen LogP contribution in [0.4, 0.5) is 5.82 Å². The van der Waals surface area contributed by atoms with Gasteiger partial charge in [0.15, 0.2) is 0 Å².